The fourth-order valence-corrected chi connectivity index (χ4v) is 2.06. The summed E-state index contributed by atoms with van der Waals surface area (Å²) < 4.78 is 14.3. The Morgan fingerprint density at radius 1 is 1.53 bits per heavy atom. The molecule has 0 heterocycles. The van der Waals surface area contributed by atoms with E-state index >= 15 is 0 Å². The molecule has 0 spiro atoms. The lowest BCUT2D eigenvalue weighted by Gasteiger charge is -2.13. The lowest BCUT2D eigenvalue weighted by molar-refractivity contribution is 0.523. The second-order valence-electron chi connectivity index (χ2n) is 4.28. The maximum absolute atomic E-state index is 13.5. The van der Waals surface area contributed by atoms with Gasteiger partial charge in [-0.25, -0.2) is 4.39 Å². The molecular weight excluding hydrogens is 257 g/mol. The zero-order valence-electron chi connectivity index (χ0n) is 8.76. The van der Waals surface area contributed by atoms with Gasteiger partial charge in [-0.05, 0) is 43.9 Å². The van der Waals surface area contributed by atoms with Gasteiger partial charge in [-0.2, -0.15) is 0 Å². The highest BCUT2D eigenvalue weighted by molar-refractivity contribution is 9.10. The van der Waals surface area contributed by atoms with E-state index in [1.165, 1.54) is 18.9 Å². The number of benzene rings is 1. The molecule has 15 heavy (non-hydrogen) atoms. The van der Waals surface area contributed by atoms with Crippen molar-refractivity contribution in [2.75, 3.05) is 0 Å². The minimum atomic E-state index is -0.117. The number of nitrogens with one attached hydrogen (secondary N) is 1. The molecule has 0 amide bonds. The lowest BCUT2D eigenvalue weighted by atomic mass is 10.1. The van der Waals surface area contributed by atoms with Gasteiger partial charge in [-0.1, -0.05) is 22.0 Å². The quantitative estimate of drug-likeness (QED) is 0.887. The van der Waals surface area contributed by atoms with E-state index in [9.17, 15) is 4.39 Å². The Morgan fingerprint density at radius 2 is 2.27 bits per heavy atom. The van der Waals surface area contributed by atoms with Gasteiger partial charge < -0.3 is 5.32 Å². The van der Waals surface area contributed by atoms with Gasteiger partial charge in [0.1, 0.15) is 5.82 Å². The fraction of sp³-hybridized carbons (Fsp3) is 0.500. The number of halogens is 2. The summed E-state index contributed by atoms with van der Waals surface area (Å²) in [7, 11) is 0. The molecule has 1 saturated carbocycles. The van der Waals surface area contributed by atoms with E-state index in [-0.39, 0.29) is 5.82 Å². The first-order valence-electron chi connectivity index (χ1n) is 5.35. The molecule has 0 bridgehead atoms. The third-order valence-corrected chi connectivity index (χ3v) is 3.13. The minimum absolute atomic E-state index is 0.117. The van der Waals surface area contributed by atoms with E-state index < -0.39 is 0 Å². The molecule has 1 nitrogen and oxygen atoms in total. The van der Waals surface area contributed by atoms with Crippen molar-refractivity contribution < 1.29 is 4.39 Å². The lowest BCUT2D eigenvalue weighted by Crippen LogP contribution is -2.30. The summed E-state index contributed by atoms with van der Waals surface area (Å²) >= 11 is 3.26. The standard InChI is InChI=1S/C12H15BrFN/c1-8(15-11-4-5-11)6-9-2-3-10(13)7-12(9)14/h2-3,7-8,11,15H,4-6H2,1H3. The van der Waals surface area contributed by atoms with Gasteiger partial charge in [0.2, 0.25) is 0 Å². The molecule has 1 aliphatic carbocycles. The van der Waals surface area contributed by atoms with Crippen LogP contribution < -0.4 is 5.32 Å². The van der Waals surface area contributed by atoms with Gasteiger partial charge in [0, 0.05) is 16.6 Å². The molecule has 1 aromatic rings. The van der Waals surface area contributed by atoms with Crippen molar-refractivity contribution >= 4 is 15.9 Å². The third kappa shape index (κ3) is 3.28. The van der Waals surface area contributed by atoms with Crippen molar-refractivity contribution in [2.24, 2.45) is 0 Å². The first-order valence-corrected chi connectivity index (χ1v) is 6.14. The van der Waals surface area contributed by atoms with E-state index in [4.69, 9.17) is 0 Å². The van der Waals surface area contributed by atoms with Gasteiger partial charge in [0.05, 0.1) is 0 Å². The van der Waals surface area contributed by atoms with Crippen LogP contribution in [0.3, 0.4) is 0 Å². The van der Waals surface area contributed by atoms with E-state index in [1.807, 2.05) is 12.1 Å². The van der Waals surface area contributed by atoms with Gasteiger partial charge in [-0.15, -0.1) is 0 Å². The van der Waals surface area contributed by atoms with E-state index in [0.717, 1.165) is 16.5 Å². The minimum Gasteiger partial charge on any atom is -0.311 e. The summed E-state index contributed by atoms with van der Waals surface area (Å²) in [4.78, 5) is 0. The molecule has 0 radical (unpaired) electrons. The SMILES string of the molecule is CC(Cc1ccc(Br)cc1F)NC1CC1. The van der Waals surface area contributed by atoms with Crippen LogP contribution in [0.25, 0.3) is 0 Å². The highest BCUT2D eigenvalue weighted by atomic mass is 79.9. The zero-order valence-corrected chi connectivity index (χ0v) is 10.3. The van der Waals surface area contributed by atoms with Crippen molar-refractivity contribution in [3.63, 3.8) is 0 Å². The molecule has 0 aromatic heterocycles. The molecule has 1 aromatic carbocycles. The Labute approximate surface area is 98.2 Å². The molecular formula is C12H15BrFN. The first-order chi connectivity index (χ1) is 7.15. The van der Waals surface area contributed by atoms with E-state index in [1.54, 1.807) is 0 Å². The maximum Gasteiger partial charge on any atom is 0.127 e. The smallest absolute Gasteiger partial charge is 0.127 e. The largest absolute Gasteiger partial charge is 0.311 e. The van der Waals surface area contributed by atoms with Crippen LogP contribution in [0, 0.1) is 5.82 Å². The van der Waals surface area contributed by atoms with Crippen LogP contribution in [0.15, 0.2) is 22.7 Å². The van der Waals surface area contributed by atoms with Gasteiger partial charge in [0.25, 0.3) is 0 Å². The summed E-state index contributed by atoms with van der Waals surface area (Å²) in [5.41, 5.74) is 0.791. The molecule has 3 heteroatoms. The topological polar surface area (TPSA) is 12.0 Å². The van der Waals surface area contributed by atoms with Crippen LogP contribution in [0.1, 0.15) is 25.3 Å². The second-order valence-corrected chi connectivity index (χ2v) is 5.20. The summed E-state index contributed by atoms with van der Waals surface area (Å²) in [5, 5.41) is 3.47. The molecule has 1 fully saturated rings. The predicted octanol–water partition coefficient (Wildman–Crippen LogP) is 3.27. The molecule has 1 atom stereocenters. The van der Waals surface area contributed by atoms with Crippen LogP contribution in [-0.4, -0.2) is 12.1 Å². The molecule has 1 aliphatic rings. The van der Waals surface area contributed by atoms with Crippen LogP contribution >= 0.6 is 15.9 Å². The van der Waals surface area contributed by atoms with Crippen LogP contribution in [0.5, 0.6) is 0 Å². The Kier molecular flexibility index (Phi) is 3.42. The van der Waals surface area contributed by atoms with Crippen LogP contribution in [0.4, 0.5) is 4.39 Å². The predicted molar refractivity (Wildman–Crippen MR) is 63.4 cm³/mol. The summed E-state index contributed by atoms with van der Waals surface area (Å²) in [6.45, 7) is 2.11. The highest BCUT2D eigenvalue weighted by Gasteiger charge is 2.22. The molecule has 2 rings (SSSR count). The van der Waals surface area contributed by atoms with E-state index in [2.05, 4.69) is 28.2 Å². The number of rotatable bonds is 4. The summed E-state index contributed by atoms with van der Waals surface area (Å²) in [6, 6.07) is 6.30. The van der Waals surface area contributed by atoms with Crippen LogP contribution in [0.2, 0.25) is 0 Å². The molecule has 82 valence electrons. The molecule has 0 saturated heterocycles. The zero-order chi connectivity index (χ0) is 10.8. The average molecular weight is 272 g/mol. The third-order valence-electron chi connectivity index (χ3n) is 2.64. The monoisotopic (exact) mass is 271 g/mol. The van der Waals surface area contributed by atoms with Crippen LogP contribution in [-0.2, 0) is 6.42 Å². The van der Waals surface area contributed by atoms with Crippen molar-refractivity contribution in [3.05, 3.63) is 34.1 Å². The Hall–Kier alpha value is -0.410. The summed E-state index contributed by atoms with van der Waals surface area (Å²) in [6.07, 6.45) is 3.30. The van der Waals surface area contributed by atoms with Gasteiger partial charge >= 0.3 is 0 Å². The molecule has 1 unspecified atom stereocenters. The van der Waals surface area contributed by atoms with Crippen molar-refractivity contribution in [2.45, 2.75) is 38.3 Å². The number of hydrogen-bond donors (Lipinski definition) is 1. The Morgan fingerprint density at radius 3 is 2.87 bits per heavy atom. The normalized spacial score (nSPS) is 17.8. The van der Waals surface area contributed by atoms with E-state index in [0.29, 0.717) is 12.1 Å². The van der Waals surface area contributed by atoms with Gasteiger partial charge in [0.15, 0.2) is 0 Å². The fourth-order valence-electron chi connectivity index (χ4n) is 1.73. The average Bonchev–Trinajstić information content (AvgIpc) is 2.94. The van der Waals surface area contributed by atoms with Crippen molar-refractivity contribution in [3.8, 4) is 0 Å². The highest BCUT2D eigenvalue weighted by Crippen LogP contribution is 2.21. The first kappa shape index (κ1) is 11.1. The summed E-state index contributed by atoms with van der Waals surface area (Å²) in [5.74, 6) is -0.117. The van der Waals surface area contributed by atoms with Crippen molar-refractivity contribution in [1.82, 2.24) is 5.32 Å². The maximum atomic E-state index is 13.5. The Balaban J connectivity index is 1.96. The number of hydrogen-bond acceptors (Lipinski definition) is 1. The molecule has 0 aliphatic heterocycles. The Bertz CT molecular complexity index is 349. The van der Waals surface area contributed by atoms with Gasteiger partial charge in [-0.3, -0.25) is 0 Å². The van der Waals surface area contributed by atoms with Crippen molar-refractivity contribution in [1.29, 1.82) is 0 Å². The second kappa shape index (κ2) is 4.62. The molecule has 1 N–H and O–H groups in total.